The number of rotatable bonds is 6. The highest BCUT2D eigenvalue weighted by molar-refractivity contribution is 5.98. The predicted octanol–water partition coefficient (Wildman–Crippen LogP) is 3.85. The smallest absolute Gasteiger partial charge is 0.342 e. The van der Waals surface area contributed by atoms with Gasteiger partial charge in [-0.2, -0.15) is 4.98 Å². The minimum atomic E-state index is -0.914. The number of H-pyrrole nitrogens is 1. The first-order chi connectivity index (χ1) is 21.2. The number of amides is 1. The molecule has 2 aliphatic rings. The number of hydrogen-bond acceptors (Lipinski definition) is 11. The van der Waals surface area contributed by atoms with Crippen molar-refractivity contribution in [3.8, 4) is 23.0 Å². The number of carbonyl (C=O) groups is 3. The molecule has 13 heteroatoms. The van der Waals surface area contributed by atoms with Crippen molar-refractivity contribution in [2.75, 3.05) is 12.5 Å². The van der Waals surface area contributed by atoms with Crippen LogP contribution in [0.4, 0.5) is 5.95 Å². The number of aromatic nitrogens is 3. The normalized spacial score (nSPS) is 18.5. The van der Waals surface area contributed by atoms with Crippen molar-refractivity contribution in [1.82, 2.24) is 20.5 Å². The maximum Gasteiger partial charge on any atom is 0.342 e. The van der Waals surface area contributed by atoms with Gasteiger partial charge in [0.15, 0.2) is 11.5 Å². The summed E-state index contributed by atoms with van der Waals surface area (Å²) in [4.78, 5) is 42.9. The highest BCUT2D eigenvalue weighted by Crippen LogP contribution is 2.46. The Morgan fingerprint density at radius 1 is 1.16 bits per heavy atom. The number of nitrogen functional groups attached to an aromatic ring is 1. The van der Waals surface area contributed by atoms with Crippen LogP contribution in [0, 0.1) is 0 Å². The molecule has 3 aromatic rings. The van der Waals surface area contributed by atoms with Crippen molar-refractivity contribution < 1.29 is 38.8 Å². The summed E-state index contributed by atoms with van der Waals surface area (Å²) in [7, 11) is 0. The van der Waals surface area contributed by atoms with Crippen molar-refractivity contribution in [3.05, 3.63) is 58.4 Å². The number of phenols is 2. The first-order valence-electron chi connectivity index (χ1n) is 14.5. The van der Waals surface area contributed by atoms with E-state index in [0.717, 1.165) is 0 Å². The number of hydrogen-bond donors (Lipinski definition) is 5. The zero-order valence-electron chi connectivity index (χ0n) is 24.3. The van der Waals surface area contributed by atoms with Gasteiger partial charge in [0.25, 0.3) is 0 Å². The summed E-state index contributed by atoms with van der Waals surface area (Å²) in [6.45, 7) is 1.77. The van der Waals surface area contributed by atoms with Crippen LogP contribution in [-0.4, -0.2) is 56.0 Å². The summed E-state index contributed by atoms with van der Waals surface area (Å²) in [5.74, 6) is -1.44. The lowest BCUT2D eigenvalue weighted by atomic mass is 9.84. The minimum Gasteiger partial charge on any atom is -0.507 e. The van der Waals surface area contributed by atoms with Gasteiger partial charge in [0.1, 0.15) is 28.7 Å². The van der Waals surface area contributed by atoms with E-state index in [4.69, 9.17) is 19.9 Å². The number of carbonyl (C=O) groups excluding carboxylic acids is 3. The lowest BCUT2D eigenvalue weighted by Gasteiger charge is -2.23. The van der Waals surface area contributed by atoms with Crippen LogP contribution in [0.2, 0.25) is 0 Å². The van der Waals surface area contributed by atoms with E-state index in [9.17, 15) is 24.6 Å². The molecule has 13 nitrogen and oxygen atoms in total. The molecule has 1 aromatic heterocycles. The highest BCUT2D eigenvalue weighted by Gasteiger charge is 2.32. The van der Waals surface area contributed by atoms with Crippen LogP contribution in [0.3, 0.4) is 0 Å². The van der Waals surface area contributed by atoms with Gasteiger partial charge in [0, 0.05) is 30.7 Å². The minimum absolute atomic E-state index is 0.0135. The van der Waals surface area contributed by atoms with Crippen LogP contribution in [0.15, 0.2) is 30.3 Å². The standard InChI is InChI=1S/C31H35N5O8/c1-17-6-5-9-20(37)8-4-2-3-7-19-12-22(38)28(29(40)27(19)30(41)44-17)21(18-10-11-23-24(13-18)43-16-42-23)14-26(39)33-15-25-34-31(32)36-35-25/h3,7,10-13,17,21,38,40H,2,4-6,8-9,14-16H2,1H3,(H,33,39)(H3,32,34,35,36)/b7-3+/t17-,21?/m0/s1. The van der Waals surface area contributed by atoms with Crippen LogP contribution in [-0.2, 0) is 20.9 Å². The summed E-state index contributed by atoms with van der Waals surface area (Å²) in [5.41, 5.74) is 6.18. The second kappa shape index (κ2) is 13.5. The molecular weight excluding hydrogens is 570 g/mol. The maximum atomic E-state index is 13.5. The molecule has 5 rings (SSSR count). The molecule has 44 heavy (non-hydrogen) atoms. The summed E-state index contributed by atoms with van der Waals surface area (Å²) in [6.07, 6.45) is 5.78. The number of ketones is 1. The Hall–Kier alpha value is -5.07. The van der Waals surface area contributed by atoms with Crippen LogP contribution in [0.25, 0.3) is 6.08 Å². The molecule has 0 aliphatic carbocycles. The number of esters is 1. The Labute approximate surface area is 253 Å². The van der Waals surface area contributed by atoms with E-state index >= 15 is 0 Å². The molecule has 0 bridgehead atoms. The van der Waals surface area contributed by atoms with E-state index in [1.54, 1.807) is 37.3 Å². The van der Waals surface area contributed by atoms with Crippen LogP contribution in [0.5, 0.6) is 23.0 Å². The van der Waals surface area contributed by atoms with Gasteiger partial charge in [0.2, 0.25) is 18.6 Å². The fourth-order valence-electron chi connectivity index (χ4n) is 5.36. The maximum absolute atomic E-state index is 13.5. The topological polar surface area (TPSA) is 199 Å². The Kier molecular flexibility index (Phi) is 9.32. The molecule has 3 heterocycles. The Balaban J connectivity index is 1.54. The van der Waals surface area contributed by atoms with E-state index in [1.165, 1.54) is 6.07 Å². The van der Waals surface area contributed by atoms with Crippen molar-refractivity contribution in [3.63, 3.8) is 0 Å². The van der Waals surface area contributed by atoms with Crippen molar-refractivity contribution in [2.24, 2.45) is 0 Å². The van der Waals surface area contributed by atoms with E-state index < -0.39 is 29.6 Å². The van der Waals surface area contributed by atoms with Gasteiger partial charge < -0.3 is 35.5 Å². The fraction of sp³-hybridized carbons (Fsp3) is 0.387. The van der Waals surface area contributed by atoms with Gasteiger partial charge in [-0.05, 0) is 61.9 Å². The molecule has 0 fully saturated rings. The number of benzene rings is 2. The van der Waals surface area contributed by atoms with Crippen molar-refractivity contribution >= 4 is 29.7 Å². The molecule has 1 amide bonds. The van der Waals surface area contributed by atoms with Crippen molar-refractivity contribution in [2.45, 2.75) is 70.4 Å². The van der Waals surface area contributed by atoms with Gasteiger partial charge >= 0.3 is 5.97 Å². The lowest BCUT2D eigenvalue weighted by Crippen LogP contribution is -2.26. The molecule has 232 valence electrons. The Morgan fingerprint density at radius 2 is 1.95 bits per heavy atom. The molecule has 0 saturated carbocycles. The zero-order valence-corrected chi connectivity index (χ0v) is 24.3. The Bertz CT molecular complexity index is 1580. The second-order valence-electron chi connectivity index (χ2n) is 10.9. The molecule has 2 aliphatic heterocycles. The number of Topliss-reactive ketones (excluding diaryl/α,β-unsaturated/α-hetero) is 1. The fourth-order valence-corrected chi connectivity index (χ4v) is 5.36. The first-order valence-corrected chi connectivity index (χ1v) is 14.5. The first kappa shape index (κ1) is 30.4. The molecule has 6 N–H and O–H groups in total. The summed E-state index contributed by atoms with van der Waals surface area (Å²) < 4.78 is 16.7. The number of nitrogens with zero attached hydrogens (tertiary/aromatic N) is 2. The third-order valence-corrected chi connectivity index (χ3v) is 7.59. The number of allylic oxidation sites excluding steroid dienone is 1. The molecule has 0 radical (unpaired) electrons. The zero-order chi connectivity index (χ0) is 31.2. The number of aromatic hydroxyl groups is 2. The predicted molar refractivity (Wildman–Crippen MR) is 158 cm³/mol. The number of phenolic OH excluding ortho intramolecular Hbond substituents is 2. The molecule has 1 unspecified atom stereocenters. The largest absolute Gasteiger partial charge is 0.507 e. The van der Waals surface area contributed by atoms with E-state index in [0.29, 0.717) is 61.4 Å². The van der Waals surface area contributed by atoms with Crippen molar-refractivity contribution in [1.29, 1.82) is 0 Å². The summed E-state index contributed by atoms with van der Waals surface area (Å²) in [6, 6.07) is 6.43. The average molecular weight is 606 g/mol. The van der Waals surface area contributed by atoms with Crippen LogP contribution < -0.4 is 20.5 Å². The Morgan fingerprint density at radius 3 is 2.75 bits per heavy atom. The number of cyclic esters (lactones) is 1. The van der Waals surface area contributed by atoms with E-state index in [-0.39, 0.29) is 53.9 Å². The molecule has 2 atom stereocenters. The molecule has 2 aromatic carbocycles. The van der Waals surface area contributed by atoms with Gasteiger partial charge in [-0.1, -0.05) is 18.2 Å². The van der Waals surface area contributed by atoms with Gasteiger partial charge in [-0.3, -0.25) is 14.7 Å². The van der Waals surface area contributed by atoms with Gasteiger partial charge in [-0.15, -0.1) is 5.10 Å². The van der Waals surface area contributed by atoms with Gasteiger partial charge in [-0.25, -0.2) is 4.79 Å². The highest BCUT2D eigenvalue weighted by atomic mass is 16.7. The molecule has 0 spiro atoms. The molecular formula is C31H35N5O8. The third-order valence-electron chi connectivity index (χ3n) is 7.59. The quantitative estimate of drug-likeness (QED) is 0.256. The number of fused-ring (bicyclic) bond motifs is 2. The average Bonchev–Trinajstić information content (AvgIpc) is 3.62. The van der Waals surface area contributed by atoms with Gasteiger partial charge in [0.05, 0.1) is 12.6 Å². The summed E-state index contributed by atoms with van der Waals surface area (Å²) >= 11 is 0. The number of anilines is 1. The summed E-state index contributed by atoms with van der Waals surface area (Å²) in [5, 5.41) is 32.1. The lowest BCUT2D eigenvalue weighted by molar-refractivity contribution is -0.121. The van der Waals surface area contributed by atoms with E-state index in [2.05, 4.69) is 20.5 Å². The number of ether oxygens (including phenoxy) is 3. The monoisotopic (exact) mass is 605 g/mol. The molecule has 0 saturated heterocycles. The van der Waals surface area contributed by atoms with Crippen LogP contribution >= 0.6 is 0 Å². The second-order valence-corrected chi connectivity index (χ2v) is 10.9. The number of aromatic amines is 1. The third kappa shape index (κ3) is 7.10. The van der Waals surface area contributed by atoms with E-state index in [1.807, 2.05) is 0 Å². The number of nitrogens with one attached hydrogen (secondary N) is 2. The van der Waals surface area contributed by atoms with Crippen LogP contribution in [0.1, 0.15) is 90.7 Å². The number of nitrogens with two attached hydrogens (primary N) is 1. The SMILES string of the molecule is C[C@H]1CCCC(=O)CCC/C=C/c2cc(O)c(C(CC(=O)NCc3nc(N)n[nH]3)c3ccc4c(c3)OCO4)c(O)c2C(=O)O1.